The molecule has 0 aliphatic carbocycles. The zero-order valence-corrected chi connectivity index (χ0v) is 14.4. The summed E-state index contributed by atoms with van der Waals surface area (Å²) in [6.07, 6.45) is 0. The van der Waals surface area contributed by atoms with E-state index in [9.17, 15) is 9.18 Å². The molecule has 0 saturated heterocycles. The standard InChI is InChI=1S/C20H19FN4O/c1-2-25(14-15-7-4-3-5-8-15)19-12-11-18(23-24-19)22-20(26)16-9-6-10-17(21)13-16/h3-13H,2,14H2,1H3,(H,22,23,26). The van der Waals surface area contributed by atoms with Crippen LogP contribution in [-0.2, 0) is 6.54 Å². The fourth-order valence-electron chi connectivity index (χ4n) is 2.54. The van der Waals surface area contributed by atoms with Crippen LogP contribution in [-0.4, -0.2) is 22.6 Å². The second kappa shape index (κ2) is 8.20. The lowest BCUT2D eigenvalue weighted by molar-refractivity contribution is 0.102. The summed E-state index contributed by atoms with van der Waals surface area (Å²) in [5, 5.41) is 10.9. The normalized spacial score (nSPS) is 10.4. The van der Waals surface area contributed by atoms with Crippen molar-refractivity contribution in [3.63, 3.8) is 0 Å². The zero-order chi connectivity index (χ0) is 18.4. The average molecular weight is 350 g/mol. The van der Waals surface area contributed by atoms with Gasteiger partial charge in [0.1, 0.15) is 5.82 Å². The van der Waals surface area contributed by atoms with Crippen molar-refractivity contribution in [3.8, 4) is 0 Å². The van der Waals surface area contributed by atoms with Crippen LogP contribution in [0.1, 0.15) is 22.8 Å². The molecule has 3 rings (SSSR count). The van der Waals surface area contributed by atoms with Gasteiger partial charge in [-0.25, -0.2) is 4.39 Å². The van der Waals surface area contributed by atoms with E-state index in [1.165, 1.54) is 23.8 Å². The predicted octanol–water partition coefficient (Wildman–Crippen LogP) is 3.89. The van der Waals surface area contributed by atoms with Gasteiger partial charge in [-0.15, -0.1) is 10.2 Å². The third-order valence-corrected chi connectivity index (χ3v) is 3.90. The Bertz CT molecular complexity index is 868. The Kier molecular flexibility index (Phi) is 5.53. The summed E-state index contributed by atoms with van der Waals surface area (Å²) >= 11 is 0. The number of carbonyl (C=O) groups excluding carboxylic acids is 1. The fourth-order valence-corrected chi connectivity index (χ4v) is 2.54. The fraction of sp³-hybridized carbons (Fsp3) is 0.150. The van der Waals surface area contributed by atoms with E-state index in [2.05, 4.69) is 32.5 Å². The third kappa shape index (κ3) is 4.42. The quantitative estimate of drug-likeness (QED) is 0.733. The van der Waals surface area contributed by atoms with Gasteiger partial charge in [0.2, 0.25) is 0 Å². The molecule has 0 spiro atoms. The van der Waals surface area contributed by atoms with Crippen LogP contribution in [0.25, 0.3) is 0 Å². The number of rotatable bonds is 6. The van der Waals surface area contributed by atoms with Crippen LogP contribution in [0.2, 0.25) is 0 Å². The Morgan fingerprint density at radius 1 is 1.04 bits per heavy atom. The van der Waals surface area contributed by atoms with E-state index in [4.69, 9.17) is 0 Å². The molecule has 26 heavy (non-hydrogen) atoms. The highest BCUT2D eigenvalue weighted by Crippen LogP contribution is 2.15. The molecular formula is C20H19FN4O. The van der Waals surface area contributed by atoms with E-state index in [1.807, 2.05) is 25.1 Å². The molecule has 1 aromatic heterocycles. The Morgan fingerprint density at radius 3 is 2.50 bits per heavy atom. The summed E-state index contributed by atoms with van der Waals surface area (Å²) in [5.41, 5.74) is 1.41. The lowest BCUT2D eigenvalue weighted by Gasteiger charge is -2.21. The molecule has 0 aliphatic heterocycles. The first-order valence-corrected chi connectivity index (χ1v) is 8.35. The summed E-state index contributed by atoms with van der Waals surface area (Å²) in [4.78, 5) is 14.2. The second-order valence-electron chi connectivity index (χ2n) is 5.74. The van der Waals surface area contributed by atoms with Gasteiger partial charge >= 0.3 is 0 Å². The van der Waals surface area contributed by atoms with E-state index < -0.39 is 11.7 Å². The molecule has 132 valence electrons. The first-order valence-electron chi connectivity index (χ1n) is 8.35. The van der Waals surface area contributed by atoms with Gasteiger partial charge < -0.3 is 10.2 Å². The monoisotopic (exact) mass is 350 g/mol. The molecule has 6 heteroatoms. The summed E-state index contributed by atoms with van der Waals surface area (Å²) in [6.45, 7) is 3.55. The van der Waals surface area contributed by atoms with E-state index >= 15 is 0 Å². The number of benzene rings is 2. The van der Waals surface area contributed by atoms with E-state index in [-0.39, 0.29) is 5.56 Å². The molecule has 0 bridgehead atoms. The number of nitrogens with zero attached hydrogens (tertiary/aromatic N) is 3. The van der Waals surface area contributed by atoms with Gasteiger partial charge in [0, 0.05) is 18.7 Å². The van der Waals surface area contributed by atoms with Crippen LogP contribution < -0.4 is 10.2 Å². The van der Waals surface area contributed by atoms with E-state index in [0.717, 1.165) is 18.9 Å². The minimum absolute atomic E-state index is 0.232. The number of hydrogen-bond acceptors (Lipinski definition) is 4. The van der Waals surface area contributed by atoms with Crippen molar-refractivity contribution in [1.29, 1.82) is 0 Å². The van der Waals surface area contributed by atoms with Gasteiger partial charge in [-0.05, 0) is 42.8 Å². The molecule has 5 nitrogen and oxygen atoms in total. The van der Waals surface area contributed by atoms with Crippen molar-refractivity contribution in [2.75, 3.05) is 16.8 Å². The summed E-state index contributed by atoms with van der Waals surface area (Å²) in [6, 6.07) is 19.1. The molecular weight excluding hydrogens is 331 g/mol. The topological polar surface area (TPSA) is 58.1 Å². The number of halogens is 1. The summed E-state index contributed by atoms with van der Waals surface area (Å²) in [7, 11) is 0. The lowest BCUT2D eigenvalue weighted by Crippen LogP contribution is -2.23. The second-order valence-corrected chi connectivity index (χ2v) is 5.74. The SMILES string of the molecule is CCN(Cc1ccccc1)c1ccc(NC(=O)c2cccc(F)c2)nn1. The highest BCUT2D eigenvalue weighted by atomic mass is 19.1. The third-order valence-electron chi connectivity index (χ3n) is 3.90. The first-order chi connectivity index (χ1) is 12.7. The molecule has 1 amide bonds. The van der Waals surface area contributed by atoms with Crippen LogP contribution in [0.5, 0.6) is 0 Å². The molecule has 0 unspecified atom stereocenters. The predicted molar refractivity (Wildman–Crippen MR) is 99.6 cm³/mol. The Morgan fingerprint density at radius 2 is 1.85 bits per heavy atom. The molecule has 3 aromatic rings. The van der Waals surface area contributed by atoms with Gasteiger partial charge in [0.25, 0.3) is 5.91 Å². The van der Waals surface area contributed by atoms with E-state index in [1.54, 1.807) is 18.2 Å². The molecule has 1 heterocycles. The van der Waals surface area contributed by atoms with Crippen molar-refractivity contribution >= 4 is 17.5 Å². The Hall–Kier alpha value is -3.28. The number of aromatic nitrogens is 2. The zero-order valence-electron chi connectivity index (χ0n) is 14.4. The molecule has 2 aromatic carbocycles. The lowest BCUT2D eigenvalue weighted by atomic mass is 10.2. The molecule has 0 saturated carbocycles. The Labute approximate surface area is 151 Å². The van der Waals surface area contributed by atoms with Crippen molar-refractivity contribution in [3.05, 3.63) is 83.7 Å². The van der Waals surface area contributed by atoms with E-state index in [0.29, 0.717) is 5.82 Å². The Balaban J connectivity index is 1.68. The summed E-state index contributed by atoms with van der Waals surface area (Å²) < 4.78 is 13.2. The van der Waals surface area contributed by atoms with Gasteiger partial charge in [-0.1, -0.05) is 36.4 Å². The van der Waals surface area contributed by atoms with Crippen LogP contribution in [0.3, 0.4) is 0 Å². The molecule has 0 fully saturated rings. The summed E-state index contributed by atoms with van der Waals surface area (Å²) in [5.74, 6) is 0.153. The molecule has 0 radical (unpaired) electrons. The average Bonchev–Trinajstić information content (AvgIpc) is 2.67. The number of hydrogen-bond donors (Lipinski definition) is 1. The van der Waals surface area contributed by atoms with Crippen LogP contribution >= 0.6 is 0 Å². The molecule has 0 aliphatic rings. The largest absolute Gasteiger partial charge is 0.351 e. The minimum atomic E-state index is -0.460. The van der Waals surface area contributed by atoms with Gasteiger partial charge in [0.05, 0.1) is 0 Å². The highest BCUT2D eigenvalue weighted by Gasteiger charge is 2.10. The van der Waals surface area contributed by atoms with Gasteiger partial charge in [0.15, 0.2) is 11.6 Å². The van der Waals surface area contributed by atoms with Crippen molar-refractivity contribution in [2.24, 2.45) is 0 Å². The van der Waals surface area contributed by atoms with Crippen molar-refractivity contribution in [1.82, 2.24) is 10.2 Å². The van der Waals surface area contributed by atoms with Crippen molar-refractivity contribution in [2.45, 2.75) is 13.5 Å². The van der Waals surface area contributed by atoms with Crippen LogP contribution in [0, 0.1) is 5.82 Å². The number of amides is 1. The first kappa shape index (κ1) is 17.5. The minimum Gasteiger partial charge on any atom is -0.351 e. The van der Waals surface area contributed by atoms with Gasteiger partial charge in [-0.3, -0.25) is 4.79 Å². The number of carbonyl (C=O) groups is 1. The maximum absolute atomic E-state index is 13.2. The maximum atomic E-state index is 13.2. The smallest absolute Gasteiger partial charge is 0.256 e. The number of nitrogens with one attached hydrogen (secondary N) is 1. The van der Waals surface area contributed by atoms with Crippen LogP contribution in [0.15, 0.2) is 66.7 Å². The maximum Gasteiger partial charge on any atom is 0.256 e. The highest BCUT2D eigenvalue weighted by molar-refractivity contribution is 6.03. The number of anilines is 2. The van der Waals surface area contributed by atoms with Crippen molar-refractivity contribution < 1.29 is 9.18 Å². The molecule has 1 N–H and O–H groups in total. The van der Waals surface area contributed by atoms with Gasteiger partial charge in [-0.2, -0.15) is 0 Å². The molecule has 0 atom stereocenters. The van der Waals surface area contributed by atoms with Crippen LogP contribution in [0.4, 0.5) is 16.0 Å².